The van der Waals surface area contributed by atoms with Gasteiger partial charge in [-0.3, -0.25) is 4.79 Å². The Balaban J connectivity index is 2.60. The van der Waals surface area contributed by atoms with Gasteiger partial charge in [-0.25, -0.2) is 4.98 Å². The van der Waals surface area contributed by atoms with E-state index in [0.717, 1.165) is 11.3 Å². The minimum absolute atomic E-state index is 0.111. The van der Waals surface area contributed by atoms with Gasteiger partial charge in [-0.15, -0.1) is 0 Å². The Bertz CT molecular complexity index is 453. The Morgan fingerprint density at radius 2 is 2.19 bits per heavy atom. The fourth-order valence-corrected chi connectivity index (χ4v) is 2.17. The van der Waals surface area contributed by atoms with Crippen molar-refractivity contribution in [1.82, 2.24) is 4.98 Å². The molecule has 86 valence electrons. The molecule has 0 spiro atoms. The van der Waals surface area contributed by atoms with Crippen molar-refractivity contribution in [3.05, 3.63) is 22.9 Å². The van der Waals surface area contributed by atoms with Crippen LogP contribution < -0.4 is 5.73 Å². The van der Waals surface area contributed by atoms with Gasteiger partial charge in [0.15, 0.2) is 0 Å². The van der Waals surface area contributed by atoms with E-state index in [2.05, 4.69) is 4.98 Å². The van der Waals surface area contributed by atoms with Crippen LogP contribution in [0.4, 0.5) is 5.82 Å². The van der Waals surface area contributed by atoms with Crippen LogP contribution >= 0.6 is 0 Å². The lowest BCUT2D eigenvalue weighted by molar-refractivity contribution is -0.124. The van der Waals surface area contributed by atoms with E-state index in [0.29, 0.717) is 24.2 Å². The number of pyridine rings is 1. The highest BCUT2D eigenvalue weighted by Crippen LogP contribution is 2.34. The number of nitrogens with zero attached hydrogens (tertiary/aromatic N) is 1. The van der Waals surface area contributed by atoms with Crippen molar-refractivity contribution >= 4 is 11.6 Å². The van der Waals surface area contributed by atoms with E-state index in [-0.39, 0.29) is 12.4 Å². The number of Topliss-reactive ketones (excluding diaryl/α,β-unsaturated/α-hetero) is 1. The maximum absolute atomic E-state index is 11.8. The smallest absolute Gasteiger partial charge is 0.144 e. The molecule has 4 heteroatoms. The number of rotatable bonds is 1. The van der Waals surface area contributed by atoms with Gasteiger partial charge in [-0.2, -0.15) is 0 Å². The lowest BCUT2D eigenvalue weighted by Gasteiger charge is -2.30. The van der Waals surface area contributed by atoms with E-state index < -0.39 is 5.41 Å². The number of ketones is 1. The summed E-state index contributed by atoms with van der Waals surface area (Å²) in [5, 5.41) is 9.12. The number of carbonyl (C=O) groups excluding carboxylic acids is 1. The van der Waals surface area contributed by atoms with E-state index in [1.807, 2.05) is 19.9 Å². The molecule has 0 aliphatic heterocycles. The first-order valence-electron chi connectivity index (χ1n) is 5.39. The van der Waals surface area contributed by atoms with Crippen molar-refractivity contribution in [3.63, 3.8) is 0 Å². The Kier molecular flexibility index (Phi) is 2.46. The molecule has 1 aliphatic rings. The molecule has 16 heavy (non-hydrogen) atoms. The van der Waals surface area contributed by atoms with Crippen molar-refractivity contribution in [2.75, 3.05) is 5.73 Å². The molecular weight excluding hydrogens is 204 g/mol. The fraction of sp³-hybridized carbons (Fsp3) is 0.500. The number of aromatic nitrogens is 1. The summed E-state index contributed by atoms with van der Waals surface area (Å²) in [5.74, 6) is 0.521. The van der Waals surface area contributed by atoms with Crippen LogP contribution in [0.5, 0.6) is 0 Å². The second kappa shape index (κ2) is 3.56. The second-order valence-electron chi connectivity index (χ2n) is 4.75. The molecule has 1 heterocycles. The van der Waals surface area contributed by atoms with Gasteiger partial charge in [0.1, 0.15) is 11.6 Å². The fourth-order valence-electron chi connectivity index (χ4n) is 2.17. The zero-order valence-corrected chi connectivity index (χ0v) is 9.58. The maximum Gasteiger partial charge on any atom is 0.144 e. The van der Waals surface area contributed by atoms with Crippen molar-refractivity contribution in [2.45, 2.75) is 38.7 Å². The largest absolute Gasteiger partial charge is 0.392 e. The molecule has 0 atom stereocenters. The summed E-state index contributed by atoms with van der Waals surface area (Å²) >= 11 is 0. The number of carbonyl (C=O) groups is 1. The average molecular weight is 220 g/mol. The van der Waals surface area contributed by atoms with Gasteiger partial charge < -0.3 is 10.8 Å². The summed E-state index contributed by atoms with van der Waals surface area (Å²) in [6, 6.07) is 1.87. The number of anilines is 1. The van der Waals surface area contributed by atoms with Gasteiger partial charge in [0.25, 0.3) is 0 Å². The lowest BCUT2D eigenvalue weighted by Crippen LogP contribution is -2.35. The van der Waals surface area contributed by atoms with E-state index in [9.17, 15) is 4.79 Å². The lowest BCUT2D eigenvalue weighted by atomic mass is 9.74. The third kappa shape index (κ3) is 1.50. The maximum atomic E-state index is 11.8. The Labute approximate surface area is 94.5 Å². The van der Waals surface area contributed by atoms with Crippen LogP contribution in [0.15, 0.2) is 6.07 Å². The van der Waals surface area contributed by atoms with Crippen molar-refractivity contribution in [1.29, 1.82) is 0 Å². The van der Waals surface area contributed by atoms with Crippen LogP contribution in [0, 0.1) is 0 Å². The van der Waals surface area contributed by atoms with Gasteiger partial charge in [0.2, 0.25) is 0 Å². The van der Waals surface area contributed by atoms with Gasteiger partial charge in [0.05, 0.1) is 17.7 Å². The molecule has 0 saturated heterocycles. The number of fused-ring (bicyclic) bond motifs is 1. The van der Waals surface area contributed by atoms with Crippen molar-refractivity contribution in [2.24, 2.45) is 0 Å². The zero-order chi connectivity index (χ0) is 11.9. The summed E-state index contributed by atoms with van der Waals surface area (Å²) < 4.78 is 0. The Morgan fingerprint density at radius 1 is 1.50 bits per heavy atom. The molecule has 0 saturated carbocycles. The first kappa shape index (κ1) is 11.1. The second-order valence-corrected chi connectivity index (χ2v) is 4.75. The van der Waals surface area contributed by atoms with Crippen LogP contribution in [-0.2, 0) is 23.2 Å². The van der Waals surface area contributed by atoms with Crippen LogP contribution in [0.1, 0.15) is 37.1 Å². The van der Waals surface area contributed by atoms with Crippen LogP contribution in [0.2, 0.25) is 0 Å². The topological polar surface area (TPSA) is 76.2 Å². The highest BCUT2D eigenvalue weighted by atomic mass is 16.3. The monoisotopic (exact) mass is 220 g/mol. The summed E-state index contributed by atoms with van der Waals surface area (Å²) in [4.78, 5) is 16.1. The number of nitrogens with two attached hydrogens (primary N) is 1. The molecule has 2 rings (SSSR count). The van der Waals surface area contributed by atoms with Crippen LogP contribution in [-0.4, -0.2) is 15.9 Å². The predicted molar refractivity (Wildman–Crippen MR) is 60.9 cm³/mol. The summed E-state index contributed by atoms with van der Waals surface area (Å²) in [5.41, 5.74) is 7.61. The Morgan fingerprint density at radius 3 is 2.81 bits per heavy atom. The van der Waals surface area contributed by atoms with Gasteiger partial charge in [0, 0.05) is 12.0 Å². The molecule has 0 radical (unpaired) electrons. The molecule has 0 fully saturated rings. The Hall–Kier alpha value is -1.42. The first-order chi connectivity index (χ1) is 7.46. The molecular formula is C12H16N2O2. The third-order valence-electron chi connectivity index (χ3n) is 3.29. The molecule has 0 aromatic carbocycles. The number of hydrogen-bond acceptors (Lipinski definition) is 4. The van der Waals surface area contributed by atoms with Crippen molar-refractivity contribution < 1.29 is 9.90 Å². The average Bonchev–Trinajstić information content (AvgIpc) is 2.24. The molecule has 1 aromatic heterocycles. The molecule has 3 N–H and O–H groups in total. The van der Waals surface area contributed by atoms with Crippen LogP contribution in [0.25, 0.3) is 0 Å². The highest BCUT2D eigenvalue weighted by molar-refractivity contribution is 5.91. The van der Waals surface area contributed by atoms with E-state index >= 15 is 0 Å². The summed E-state index contributed by atoms with van der Waals surface area (Å²) in [6.45, 7) is 3.64. The number of aliphatic hydroxyl groups excluding tert-OH is 1. The number of aliphatic hydroxyl groups is 1. The molecule has 1 aromatic rings. The van der Waals surface area contributed by atoms with Crippen LogP contribution in [0.3, 0.4) is 0 Å². The van der Waals surface area contributed by atoms with Gasteiger partial charge >= 0.3 is 0 Å². The number of aryl methyl sites for hydroxylation is 1. The number of hydrogen-bond donors (Lipinski definition) is 2. The molecule has 0 bridgehead atoms. The minimum atomic E-state index is -0.560. The zero-order valence-electron chi connectivity index (χ0n) is 9.58. The van der Waals surface area contributed by atoms with Gasteiger partial charge in [-0.05, 0) is 31.9 Å². The first-order valence-corrected chi connectivity index (χ1v) is 5.39. The van der Waals surface area contributed by atoms with E-state index in [4.69, 9.17) is 10.8 Å². The molecule has 0 unspecified atom stereocenters. The number of nitrogen functional groups attached to an aromatic ring is 1. The molecule has 1 aliphatic carbocycles. The van der Waals surface area contributed by atoms with E-state index in [1.54, 1.807) is 0 Å². The summed E-state index contributed by atoms with van der Waals surface area (Å²) in [6.07, 6.45) is 1.23. The van der Waals surface area contributed by atoms with Crippen molar-refractivity contribution in [3.8, 4) is 0 Å². The SMILES string of the molecule is CC1(C)C(=O)CCc2cc(CO)c(N)nc21. The molecule has 4 nitrogen and oxygen atoms in total. The molecule has 0 amide bonds. The normalized spacial score (nSPS) is 18.3. The quantitative estimate of drug-likeness (QED) is 0.738. The third-order valence-corrected chi connectivity index (χ3v) is 3.29. The predicted octanol–water partition coefficient (Wildman–Crippen LogP) is 0.949. The minimum Gasteiger partial charge on any atom is -0.392 e. The summed E-state index contributed by atoms with van der Waals surface area (Å²) in [7, 11) is 0. The van der Waals surface area contributed by atoms with Gasteiger partial charge in [-0.1, -0.05) is 0 Å². The standard InChI is InChI=1S/C12H16N2O2/c1-12(2)9(16)4-3-7-5-8(6-15)11(13)14-10(7)12/h5,15H,3-4,6H2,1-2H3,(H2,13,14). The highest BCUT2D eigenvalue weighted by Gasteiger charge is 2.36. The van der Waals surface area contributed by atoms with E-state index in [1.165, 1.54) is 0 Å².